The Hall–Kier alpha value is -3.26. The number of ether oxygens (including phenoxy) is 1. The van der Waals surface area contributed by atoms with Crippen LogP contribution in [0.5, 0.6) is 0 Å². The summed E-state index contributed by atoms with van der Waals surface area (Å²) >= 11 is 0. The number of ketones is 1. The molecule has 2 atom stereocenters. The first-order chi connectivity index (χ1) is 15.7. The number of amides is 1. The lowest BCUT2D eigenvalue weighted by Gasteiger charge is -2.20. The molecule has 33 heavy (non-hydrogen) atoms. The average Bonchev–Trinajstić information content (AvgIpc) is 2.76. The van der Waals surface area contributed by atoms with Crippen LogP contribution in [0.4, 0.5) is 0 Å². The van der Waals surface area contributed by atoms with Gasteiger partial charge in [-0.3, -0.25) is 19.2 Å². The summed E-state index contributed by atoms with van der Waals surface area (Å²) in [6.07, 6.45) is 0.257. The fourth-order valence-corrected chi connectivity index (χ4v) is 3.30. The first-order valence-corrected chi connectivity index (χ1v) is 11.1. The van der Waals surface area contributed by atoms with E-state index in [0.717, 1.165) is 22.8 Å². The number of carbonyl (C=O) groups is 4. The summed E-state index contributed by atoms with van der Waals surface area (Å²) in [5.74, 6) is -2.54. The lowest BCUT2D eigenvalue weighted by Crippen LogP contribution is -2.50. The van der Waals surface area contributed by atoms with E-state index in [-0.39, 0.29) is 6.42 Å². The van der Waals surface area contributed by atoms with E-state index < -0.39 is 48.7 Å². The Morgan fingerprint density at radius 2 is 1.70 bits per heavy atom. The van der Waals surface area contributed by atoms with Gasteiger partial charge in [0.25, 0.3) is 0 Å². The molecule has 2 rings (SSSR count). The summed E-state index contributed by atoms with van der Waals surface area (Å²) < 4.78 is 5.10. The van der Waals surface area contributed by atoms with Gasteiger partial charge < -0.3 is 20.5 Å². The number of Topliss-reactive ketones (excluding diaryl/α,β-unsaturated/α-hetero) is 1. The summed E-state index contributed by atoms with van der Waals surface area (Å²) in [6.45, 7) is 5.78. The highest BCUT2D eigenvalue weighted by molar-refractivity contribution is 5.95. The fourth-order valence-electron chi connectivity index (χ4n) is 3.30. The average molecular weight is 457 g/mol. The molecular formula is C25H32N2O6. The van der Waals surface area contributed by atoms with E-state index in [2.05, 4.69) is 24.5 Å². The number of esters is 1. The number of nitrogens with one attached hydrogen (secondary N) is 2. The Kier molecular flexibility index (Phi) is 10.00. The summed E-state index contributed by atoms with van der Waals surface area (Å²) in [6, 6.07) is 11.3. The first-order valence-electron chi connectivity index (χ1n) is 11.1. The zero-order chi connectivity index (χ0) is 24.4. The van der Waals surface area contributed by atoms with Crippen LogP contribution in [0.15, 0.2) is 42.5 Å². The van der Waals surface area contributed by atoms with Gasteiger partial charge in [0.1, 0.15) is 6.04 Å². The molecule has 0 aliphatic carbocycles. The zero-order valence-corrected chi connectivity index (χ0v) is 19.3. The normalized spacial score (nSPS) is 12.8. The molecule has 1 amide bonds. The monoisotopic (exact) mass is 456 g/mol. The predicted molar refractivity (Wildman–Crippen MR) is 125 cm³/mol. The number of fused-ring (bicyclic) bond motifs is 1. The highest BCUT2D eigenvalue weighted by atomic mass is 16.5. The van der Waals surface area contributed by atoms with Crippen LogP contribution < -0.4 is 10.6 Å². The van der Waals surface area contributed by atoms with Crippen LogP contribution >= 0.6 is 0 Å². The van der Waals surface area contributed by atoms with Gasteiger partial charge in [0.15, 0.2) is 12.4 Å². The van der Waals surface area contributed by atoms with Crippen LogP contribution in [0.3, 0.4) is 0 Å². The minimum Gasteiger partial charge on any atom is -0.481 e. The second-order valence-corrected chi connectivity index (χ2v) is 8.46. The topological polar surface area (TPSA) is 122 Å². The van der Waals surface area contributed by atoms with Gasteiger partial charge in [-0.2, -0.15) is 0 Å². The van der Waals surface area contributed by atoms with Crippen LogP contribution in [-0.2, 0) is 30.3 Å². The van der Waals surface area contributed by atoms with Crippen molar-refractivity contribution in [1.29, 1.82) is 0 Å². The van der Waals surface area contributed by atoms with Gasteiger partial charge in [0.05, 0.1) is 18.9 Å². The number of rotatable bonds is 13. The van der Waals surface area contributed by atoms with E-state index in [0.29, 0.717) is 12.5 Å². The highest BCUT2D eigenvalue weighted by Gasteiger charge is 2.26. The van der Waals surface area contributed by atoms with Crippen LogP contribution in [0, 0.1) is 5.92 Å². The highest BCUT2D eigenvalue weighted by Crippen LogP contribution is 2.19. The minimum absolute atomic E-state index is 0.0264. The number of aliphatic carboxylic acids is 1. The van der Waals surface area contributed by atoms with E-state index in [1.165, 1.54) is 0 Å². The van der Waals surface area contributed by atoms with Gasteiger partial charge in [-0.1, -0.05) is 56.3 Å². The largest absolute Gasteiger partial charge is 0.481 e. The molecular weight excluding hydrogens is 424 g/mol. The molecule has 178 valence electrons. The second kappa shape index (κ2) is 12.7. The SMILES string of the molecule is CC(C)CCNC(C)C(=O)NC(CC(=O)O)C(=O)COC(=O)Cc1cccc2ccccc12. The third kappa shape index (κ3) is 8.65. The van der Waals surface area contributed by atoms with Gasteiger partial charge in [0.2, 0.25) is 5.91 Å². The van der Waals surface area contributed by atoms with E-state index in [4.69, 9.17) is 9.84 Å². The van der Waals surface area contributed by atoms with Crippen LogP contribution in [0.1, 0.15) is 39.2 Å². The number of carboxylic acids is 1. The smallest absolute Gasteiger partial charge is 0.310 e. The number of carboxylic acid groups (broad SMARTS) is 1. The molecule has 0 saturated heterocycles. The molecule has 0 aliphatic rings. The van der Waals surface area contributed by atoms with Crippen molar-refractivity contribution in [2.24, 2.45) is 5.92 Å². The second-order valence-electron chi connectivity index (χ2n) is 8.46. The number of hydrogen-bond acceptors (Lipinski definition) is 6. The molecule has 0 bridgehead atoms. The maximum atomic E-state index is 12.5. The van der Waals surface area contributed by atoms with Crippen LogP contribution in [-0.4, -0.2) is 54.0 Å². The van der Waals surface area contributed by atoms with Gasteiger partial charge in [-0.15, -0.1) is 0 Å². The van der Waals surface area contributed by atoms with Crippen LogP contribution in [0.25, 0.3) is 10.8 Å². The van der Waals surface area contributed by atoms with Gasteiger partial charge in [-0.05, 0) is 42.1 Å². The van der Waals surface area contributed by atoms with Gasteiger partial charge >= 0.3 is 11.9 Å². The molecule has 2 aromatic carbocycles. The van der Waals surface area contributed by atoms with Gasteiger partial charge in [-0.25, -0.2) is 0 Å². The molecule has 0 aromatic heterocycles. The third-order valence-corrected chi connectivity index (χ3v) is 5.24. The quantitative estimate of drug-likeness (QED) is 0.396. The molecule has 3 N–H and O–H groups in total. The summed E-state index contributed by atoms with van der Waals surface area (Å²) in [7, 11) is 0. The lowest BCUT2D eigenvalue weighted by molar-refractivity contribution is -0.148. The standard InChI is InChI=1S/C25H32N2O6/c1-16(2)11-12-26-17(3)25(32)27-21(14-23(29)30)22(28)15-33-24(31)13-19-9-6-8-18-7-4-5-10-20(18)19/h4-10,16-17,21,26H,11-15H2,1-3H3,(H,27,32)(H,29,30). The number of carbonyl (C=O) groups excluding carboxylic acids is 3. The summed E-state index contributed by atoms with van der Waals surface area (Å²) in [5.41, 5.74) is 0.766. The van der Waals surface area contributed by atoms with E-state index in [1.807, 2.05) is 42.5 Å². The molecule has 0 heterocycles. The maximum Gasteiger partial charge on any atom is 0.310 e. The number of hydrogen-bond donors (Lipinski definition) is 3. The predicted octanol–water partition coefficient (Wildman–Crippen LogP) is 2.48. The summed E-state index contributed by atoms with van der Waals surface area (Å²) in [5, 5.41) is 16.5. The van der Waals surface area contributed by atoms with E-state index >= 15 is 0 Å². The Bertz CT molecular complexity index is 983. The van der Waals surface area contributed by atoms with Crippen molar-refractivity contribution >= 4 is 34.4 Å². The molecule has 2 unspecified atom stereocenters. The molecule has 8 nitrogen and oxygen atoms in total. The first kappa shape index (κ1) is 26.0. The molecule has 0 aliphatic heterocycles. The number of benzene rings is 2. The maximum absolute atomic E-state index is 12.5. The Morgan fingerprint density at radius 3 is 2.39 bits per heavy atom. The van der Waals surface area contributed by atoms with Crippen molar-refractivity contribution in [3.63, 3.8) is 0 Å². The Balaban J connectivity index is 1.92. The fraction of sp³-hybridized carbons (Fsp3) is 0.440. The van der Waals surface area contributed by atoms with E-state index in [9.17, 15) is 19.2 Å². The van der Waals surface area contributed by atoms with Gasteiger partial charge in [0, 0.05) is 0 Å². The molecule has 0 fully saturated rings. The van der Waals surface area contributed by atoms with Crippen molar-refractivity contribution in [3.05, 3.63) is 48.0 Å². The lowest BCUT2D eigenvalue weighted by atomic mass is 10.0. The molecule has 0 saturated carbocycles. The molecule has 2 aromatic rings. The molecule has 0 radical (unpaired) electrons. The molecule has 0 spiro atoms. The van der Waals surface area contributed by atoms with Crippen molar-refractivity contribution in [2.75, 3.05) is 13.2 Å². The van der Waals surface area contributed by atoms with Crippen molar-refractivity contribution in [1.82, 2.24) is 10.6 Å². The zero-order valence-electron chi connectivity index (χ0n) is 19.3. The minimum atomic E-state index is -1.28. The van der Waals surface area contributed by atoms with E-state index in [1.54, 1.807) is 6.92 Å². The summed E-state index contributed by atoms with van der Waals surface area (Å²) in [4.78, 5) is 48.4. The van der Waals surface area contributed by atoms with Crippen molar-refractivity contribution in [3.8, 4) is 0 Å². The van der Waals surface area contributed by atoms with Crippen molar-refractivity contribution < 1.29 is 29.0 Å². The third-order valence-electron chi connectivity index (χ3n) is 5.24. The van der Waals surface area contributed by atoms with Crippen LogP contribution in [0.2, 0.25) is 0 Å². The van der Waals surface area contributed by atoms with Crippen molar-refractivity contribution in [2.45, 2.75) is 52.1 Å². The molecule has 8 heteroatoms. The Labute approximate surface area is 193 Å². The Morgan fingerprint density at radius 1 is 1.00 bits per heavy atom.